The Morgan fingerprint density at radius 1 is 1.00 bits per heavy atom. The number of halogens is 4. The van der Waals surface area contributed by atoms with E-state index in [0.29, 0.717) is 37.9 Å². The van der Waals surface area contributed by atoms with Crippen molar-refractivity contribution in [2.24, 2.45) is 5.10 Å². The van der Waals surface area contributed by atoms with E-state index in [1.807, 2.05) is 12.1 Å². The monoisotopic (exact) mass is 696 g/mol. The summed E-state index contributed by atoms with van der Waals surface area (Å²) in [5.74, 6) is 0.325. The first-order chi connectivity index (χ1) is 20.7. The van der Waals surface area contributed by atoms with Crippen molar-refractivity contribution in [2.45, 2.75) is 6.61 Å². The van der Waals surface area contributed by atoms with Crippen LogP contribution in [0.25, 0.3) is 33.5 Å². The fourth-order valence-corrected chi connectivity index (χ4v) is 5.35. The highest BCUT2D eigenvalue weighted by molar-refractivity contribution is 9.10. The summed E-state index contributed by atoms with van der Waals surface area (Å²) < 4.78 is 13.7. The number of fused-ring (bicyclic) bond motifs is 2. The number of rotatable bonds is 7. The van der Waals surface area contributed by atoms with Crippen LogP contribution >= 0.6 is 50.7 Å². The molecule has 13 heteroatoms. The molecular formula is C30H16BrCl3N4O5. The van der Waals surface area contributed by atoms with Gasteiger partial charge in [-0.05, 0) is 60.2 Å². The highest BCUT2D eigenvalue weighted by Crippen LogP contribution is 2.37. The van der Waals surface area contributed by atoms with E-state index in [0.717, 1.165) is 14.5 Å². The second-order valence-electron chi connectivity index (χ2n) is 9.25. The number of nitrogens with zero attached hydrogens (tertiary/aromatic N) is 4. The van der Waals surface area contributed by atoms with Crippen LogP contribution in [0.3, 0.4) is 0 Å². The molecule has 4 aromatic carbocycles. The molecule has 6 aromatic rings. The SMILES string of the molecule is O=c1c2ccccc2nc(-c2cc3cc(Br)ccc3o2)n1N=Cc1cc(Cl)c(OCc2ccc(Cl)c(Cl)c2)c([N+](=O)[O-])c1. The maximum atomic E-state index is 13.6. The molecule has 0 saturated heterocycles. The summed E-state index contributed by atoms with van der Waals surface area (Å²) in [4.78, 5) is 29.6. The number of para-hydroxylation sites is 1. The van der Waals surface area contributed by atoms with Gasteiger partial charge in [-0.3, -0.25) is 14.9 Å². The Kier molecular flexibility index (Phi) is 7.93. The van der Waals surface area contributed by atoms with Crippen molar-refractivity contribution in [1.82, 2.24) is 9.66 Å². The summed E-state index contributed by atoms with van der Waals surface area (Å²) in [5, 5.41) is 18.1. The van der Waals surface area contributed by atoms with Gasteiger partial charge in [-0.1, -0.05) is 68.9 Å². The van der Waals surface area contributed by atoms with Crippen molar-refractivity contribution < 1.29 is 14.1 Å². The van der Waals surface area contributed by atoms with E-state index < -0.39 is 10.5 Å². The van der Waals surface area contributed by atoms with Crippen LogP contribution in [-0.4, -0.2) is 20.8 Å². The van der Waals surface area contributed by atoms with Crippen LogP contribution in [0.4, 0.5) is 5.69 Å². The Labute approximate surface area is 266 Å². The smallest absolute Gasteiger partial charge is 0.313 e. The summed E-state index contributed by atoms with van der Waals surface area (Å²) >= 11 is 21.9. The molecule has 0 aliphatic heterocycles. The number of hydrogen-bond donors (Lipinski definition) is 0. The van der Waals surface area contributed by atoms with E-state index in [2.05, 4.69) is 26.0 Å². The lowest BCUT2D eigenvalue weighted by atomic mass is 10.2. The molecule has 0 aliphatic rings. The Bertz CT molecular complexity index is 2160. The van der Waals surface area contributed by atoms with Gasteiger partial charge in [0.15, 0.2) is 5.76 Å². The lowest BCUT2D eigenvalue weighted by molar-refractivity contribution is -0.385. The standard InChI is InChI=1S/C30H16BrCl3N4O5/c31-19-6-8-26-18(12-19)13-27(43-26)29-36-24-4-2-1-3-20(24)30(39)37(29)35-14-17-10-23(34)28(25(11-17)38(40)41)42-15-16-5-7-21(32)22(33)9-16/h1-14H,15H2. The fourth-order valence-electron chi connectivity index (χ4n) is 4.38. The molecule has 0 N–H and O–H groups in total. The van der Waals surface area contributed by atoms with E-state index in [1.54, 1.807) is 54.6 Å². The summed E-state index contributed by atoms with van der Waals surface area (Å²) in [6.07, 6.45) is 1.28. The normalized spacial score (nSPS) is 11.5. The first-order valence-electron chi connectivity index (χ1n) is 12.5. The largest absolute Gasteiger partial charge is 0.481 e. The van der Waals surface area contributed by atoms with Crippen molar-refractivity contribution in [1.29, 1.82) is 0 Å². The van der Waals surface area contributed by atoms with Crippen LogP contribution in [0.2, 0.25) is 15.1 Å². The van der Waals surface area contributed by atoms with Crippen molar-refractivity contribution in [3.8, 4) is 17.3 Å². The fraction of sp³-hybridized carbons (Fsp3) is 0.0333. The Hall–Kier alpha value is -4.22. The van der Waals surface area contributed by atoms with Gasteiger partial charge >= 0.3 is 5.69 Å². The number of hydrogen-bond acceptors (Lipinski definition) is 7. The van der Waals surface area contributed by atoms with Gasteiger partial charge in [-0.15, -0.1) is 0 Å². The predicted molar refractivity (Wildman–Crippen MR) is 171 cm³/mol. The van der Waals surface area contributed by atoms with Crippen LogP contribution in [0.5, 0.6) is 5.75 Å². The van der Waals surface area contributed by atoms with Crippen LogP contribution in [-0.2, 0) is 6.61 Å². The molecule has 0 saturated carbocycles. The molecule has 0 spiro atoms. The molecule has 0 amide bonds. The third-order valence-electron chi connectivity index (χ3n) is 6.39. The van der Waals surface area contributed by atoms with Crippen molar-refractivity contribution >= 4 is 84.5 Å². The molecule has 214 valence electrons. The van der Waals surface area contributed by atoms with E-state index in [-0.39, 0.29) is 34.5 Å². The van der Waals surface area contributed by atoms with Gasteiger partial charge in [-0.2, -0.15) is 9.78 Å². The predicted octanol–water partition coefficient (Wildman–Crippen LogP) is 8.90. The van der Waals surface area contributed by atoms with Crippen molar-refractivity contribution in [3.05, 3.63) is 130 Å². The quantitative estimate of drug-likeness (QED) is 0.0935. The molecular weight excluding hydrogens is 683 g/mol. The number of benzene rings is 4. The zero-order valence-corrected chi connectivity index (χ0v) is 25.5. The van der Waals surface area contributed by atoms with Gasteiger partial charge in [0.05, 0.1) is 37.1 Å². The highest BCUT2D eigenvalue weighted by atomic mass is 79.9. The minimum Gasteiger partial charge on any atom is -0.481 e. The molecule has 0 atom stereocenters. The van der Waals surface area contributed by atoms with Crippen LogP contribution in [0.15, 0.2) is 97.6 Å². The molecule has 2 aromatic heterocycles. The van der Waals surface area contributed by atoms with E-state index in [1.165, 1.54) is 18.3 Å². The molecule has 0 unspecified atom stereocenters. The first kappa shape index (κ1) is 28.9. The molecule has 9 nitrogen and oxygen atoms in total. The third kappa shape index (κ3) is 5.87. The molecule has 6 rings (SSSR count). The zero-order chi connectivity index (χ0) is 30.2. The van der Waals surface area contributed by atoms with Gasteiger partial charge in [-0.25, -0.2) is 4.98 Å². The Morgan fingerprint density at radius 2 is 1.81 bits per heavy atom. The Morgan fingerprint density at radius 3 is 2.60 bits per heavy atom. The molecule has 43 heavy (non-hydrogen) atoms. The van der Waals surface area contributed by atoms with Gasteiger partial charge < -0.3 is 9.15 Å². The molecule has 0 aliphatic carbocycles. The van der Waals surface area contributed by atoms with Crippen LogP contribution < -0.4 is 10.3 Å². The minimum absolute atomic E-state index is 0.0252. The number of furan rings is 1. The van der Waals surface area contributed by atoms with Crippen LogP contribution in [0, 0.1) is 10.1 Å². The van der Waals surface area contributed by atoms with Gasteiger partial charge in [0.2, 0.25) is 11.6 Å². The van der Waals surface area contributed by atoms with Crippen molar-refractivity contribution in [2.75, 3.05) is 0 Å². The Balaban J connectivity index is 1.41. The van der Waals surface area contributed by atoms with Crippen molar-refractivity contribution in [3.63, 3.8) is 0 Å². The average molecular weight is 699 g/mol. The minimum atomic E-state index is -0.616. The third-order valence-corrected chi connectivity index (χ3v) is 7.90. The second kappa shape index (κ2) is 11.8. The zero-order valence-electron chi connectivity index (χ0n) is 21.6. The van der Waals surface area contributed by atoms with Crippen LogP contribution in [0.1, 0.15) is 11.1 Å². The summed E-state index contributed by atoms with van der Waals surface area (Å²) in [7, 11) is 0. The van der Waals surface area contributed by atoms with E-state index >= 15 is 0 Å². The van der Waals surface area contributed by atoms with Gasteiger partial charge in [0.25, 0.3) is 5.56 Å². The molecule has 0 radical (unpaired) electrons. The molecule has 0 fully saturated rings. The first-order valence-corrected chi connectivity index (χ1v) is 14.4. The maximum Gasteiger partial charge on any atom is 0.313 e. The molecule has 2 heterocycles. The average Bonchev–Trinajstić information content (AvgIpc) is 3.40. The van der Waals surface area contributed by atoms with Gasteiger partial charge in [0.1, 0.15) is 12.2 Å². The lowest BCUT2D eigenvalue weighted by Crippen LogP contribution is -2.20. The summed E-state index contributed by atoms with van der Waals surface area (Å²) in [6, 6.07) is 21.7. The highest BCUT2D eigenvalue weighted by Gasteiger charge is 2.21. The number of aromatic nitrogens is 2. The second-order valence-corrected chi connectivity index (χ2v) is 11.4. The summed E-state index contributed by atoms with van der Waals surface area (Å²) in [6.45, 7) is -0.0412. The summed E-state index contributed by atoms with van der Waals surface area (Å²) in [5.41, 5.74) is 1.09. The lowest BCUT2D eigenvalue weighted by Gasteiger charge is -2.10. The van der Waals surface area contributed by atoms with E-state index in [4.69, 9.17) is 44.0 Å². The topological polar surface area (TPSA) is 113 Å². The number of nitro benzene ring substituents is 1. The molecule has 0 bridgehead atoms. The van der Waals surface area contributed by atoms with Gasteiger partial charge in [0, 0.05) is 21.5 Å². The number of nitro groups is 1. The number of ether oxygens (including phenoxy) is 1. The maximum absolute atomic E-state index is 13.6. The van der Waals surface area contributed by atoms with E-state index in [9.17, 15) is 14.9 Å².